The summed E-state index contributed by atoms with van der Waals surface area (Å²) in [5, 5.41) is 8.34. The van der Waals surface area contributed by atoms with E-state index in [1.165, 1.54) is 0 Å². The number of alkyl halides is 3. The number of aromatic nitrogens is 1. The van der Waals surface area contributed by atoms with Crippen LogP contribution in [-0.2, 0) is 12.7 Å². The summed E-state index contributed by atoms with van der Waals surface area (Å²) in [5.41, 5.74) is 2.42. The average molecular weight is 313 g/mol. The van der Waals surface area contributed by atoms with E-state index in [-0.39, 0.29) is 12.2 Å². The second-order valence-electron chi connectivity index (χ2n) is 4.75. The first-order valence-corrected chi connectivity index (χ1v) is 6.41. The van der Waals surface area contributed by atoms with Crippen molar-refractivity contribution in [3.05, 3.63) is 46.8 Å². The number of carbonyl (C=O) groups excluding carboxylic acids is 1. The van der Waals surface area contributed by atoms with E-state index in [0.29, 0.717) is 5.69 Å². The number of amides is 2. The highest BCUT2D eigenvalue weighted by molar-refractivity contribution is 5.90. The molecule has 0 unspecified atom stereocenters. The zero-order valence-electron chi connectivity index (χ0n) is 11.9. The van der Waals surface area contributed by atoms with Gasteiger partial charge in [0, 0.05) is 11.8 Å². The minimum atomic E-state index is -4.59. The van der Waals surface area contributed by atoms with Crippen molar-refractivity contribution >= 4 is 11.7 Å². The van der Waals surface area contributed by atoms with Crippen LogP contribution in [0.2, 0.25) is 0 Å². The third-order valence-electron chi connectivity index (χ3n) is 2.99. The molecule has 5 nitrogen and oxygen atoms in total. The van der Waals surface area contributed by atoms with Crippen LogP contribution in [0.25, 0.3) is 0 Å². The molecule has 0 aliphatic heterocycles. The van der Waals surface area contributed by atoms with Crippen LogP contribution in [0.3, 0.4) is 0 Å². The van der Waals surface area contributed by atoms with Crippen molar-refractivity contribution < 1.29 is 22.5 Å². The van der Waals surface area contributed by atoms with Gasteiger partial charge in [-0.3, -0.25) is 0 Å². The highest BCUT2D eigenvalue weighted by atomic mass is 19.4. The van der Waals surface area contributed by atoms with Gasteiger partial charge in [-0.15, -0.1) is 0 Å². The number of nitrogens with zero attached hydrogens (tertiary/aromatic N) is 1. The van der Waals surface area contributed by atoms with E-state index in [9.17, 15) is 18.0 Å². The van der Waals surface area contributed by atoms with Crippen LogP contribution in [0.5, 0.6) is 0 Å². The van der Waals surface area contributed by atoms with Gasteiger partial charge in [-0.1, -0.05) is 23.4 Å². The normalized spacial score (nSPS) is 11.3. The summed E-state index contributed by atoms with van der Waals surface area (Å²) in [6, 6.07) is 5.77. The molecule has 1 aromatic carbocycles. The Balaban J connectivity index is 1.95. The van der Waals surface area contributed by atoms with Gasteiger partial charge in [0.15, 0.2) is 0 Å². The van der Waals surface area contributed by atoms with E-state index in [1.807, 2.05) is 32.0 Å². The van der Waals surface area contributed by atoms with Crippen molar-refractivity contribution in [2.75, 3.05) is 5.32 Å². The monoisotopic (exact) mass is 313 g/mol. The molecule has 1 aromatic heterocycles. The van der Waals surface area contributed by atoms with Gasteiger partial charge in [-0.05, 0) is 25.0 Å². The number of hydrogen-bond donors (Lipinski definition) is 2. The van der Waals surface area contributed by atoms with Gasteiger partial charge in [0.2, 0.25) is 5.76 Å². The molecule has 0 spiro atoms. The van der Waals surface area contributed by atoms with Crippen molar-refractivity contribution in [3.8, 4) is 0 Å². The fourth-order valence-electron chi connectivity index (χ4n) is 1.87. The molecular weight excluding hydrogens is 299 g/mol. The predicted molar refractivity (Wildman–Crippen MR) is 73.3 cm³/mol. The predicted octanol–water partition coefficient (Wildman–Crippen LogP) is 3.63. The van der Waals surface area contributed by atoms with Gasteiger partial charge in [-0.2, -0.15) is 13.2 Å². The lowest BCUT2D eigenvalue weighted by Crippen LogP contribution is -2.28. The molecule has 0 atom stereocenters. The molecular formula is C14H14F3N3O2. The Labute approximate surface area is 124 Å². The largest absolute Gasteiger partial charge is 0.452 e. The topological polar surface area (TPSA) is 67.2 Å². The molecule has 2 amide bonds. The number of hydrogen-bond acceptors (Lipinski definition) is 3. The maximum Gasteiger partial charge on any atom is 0.452 e. The molecule has 1 heterocycles. The molecule has 0 aliphatic carbocycles. The third kappa shape index (κ3) is 3.78. The molecule has 2 N–H and O–H groups in total. The van der Waals surface area contributed by atoms with Crippen LogP contribution in [0.4, 0.5) is 23.7 Å². The van der Waals surface area contributed by atoms with Crippen molar-refractivity contribution in [2.45, 2.75) is 26.6 Å². The molecule has 22 heavy (non-hydrogen) atoms. The first-order chi connectivity index (χ1) is 10.3. The summed E-state index contributed by atoms with van der Waals surface area (Å²) >= 11 is 0. The van der Waals surface area contributed by atoms with E-state index in [2.05, 4.69) is 20.3 Å². The van der Waals surface area contributed by atoms with Crippen molar-refractivity contribution in [1.82, 2.24) is 10.5 Å². The number of benzene rings is 1. The molecule has 118 valence electrons. The number of anilines is 1. The molecule has 0 saturated carbocycles. The first-order valence-electron chi connectivity index (χ1n) is 6.41. The van der Waals surface area contributed by atoms with Crippen LogP contribution in [0.15, 0.2) is 28.8 Å². The van der Waals surface area contributed by atoms with Crippen molar-refractivity contribution in [2.24, 2.45) is 0 Å². The Bertz CT molecular complexity index is 660. The number of halogens is 3. The average Bonchev–Trinajstić information content (AvgIpc) is 2.90. The Morgan fingerprint density at radius 1 is 1.27 bits per heavy atom. The second kappa shape index (κ2) is 6.08. The number of rotatable bonds is 3. The third-order valence-corrected chi connectivity index (χ3v) is 2.99. The minimum absolute atomic E-state index is 0.0102. The smallest absolute Gasteiger partial charge is 0.351 e. The number of carbonyl (C=O) groups is 1. The second-order valence-corrected chi connectivity index (χ2v) is 4.75. The van der Waals surface area contributed by atoms with Crippen molar-refractivity contribution in [3.63, 3.8) is 0 Å². The van der Waals surface area contributed by atoms with Crippen LogP contribution in [0.1, 0.15) is 22.6 Å². The van der Waals surface area contributed by atoms with Crippen molar-refractivity contribution in [1.29, 1.82) is 0 Å². The van der Waals surface area contributed by atoms with E-state index in [4.69, 9.17) is 0 Å². The van der Waals surface area contributed by atoms with E-state index in [1.54, 1.807) is 0 Å². The highest BCUT2D eigenvalue weighted by Crippen LogP contribution is 2.29. The van der Waals surface area contributed by atoms with E-state index < -0.39 is 18.0 Å². The Kier molecular flexibility index (Phi) is 4.39. The van der Waals surface area contributed by atoms with Crippen LogP contribution >= 0.6 is 0 Å². The summed E-state index contributed by atoms with van der Waals surface area (Å²) in [4.78, 5) is 11.8. The fourth-order valence-corrected chi connectivity index (χ4v) is 1.87. The number of nitrogens with one attached hydrogen (secondary N) is 2. The lowest BCUT2D eigenvalue weighted by atomic mass is 10.1. The van der Waals surface area contributed by atoms with Crippen LogP contribution < -0.4 is 10.6 Å². The SMILES string of the molecule is Cc1cccc(C)c1NC(=O)NCc1cc(C(F)(F)F)on1. The summed E-state index contributed by atoms with van der Waals surface area (Å²) in [6.45, 7) is 3.52. The molecule has 0 radical (unpaired) electrons. The summed E-state index contributed by atoms with van der Waals surface area (Å²) < 4.78 is 41.2. The molecule has 0 bridgehead atoms. The lowest BCUT2D eigenvalue weighted by molar-refractivity contribution is -0.155. The van der Waals surface area contributed by atoms with Gasteiger partial charge in [0.1, 0.15) is 5.69 Å². The van der Waals surface area contributed by atoms with E-state index >= 15 is 0 Å². The van der Waals surface area contributed by atoms with Crippen LogP contribution in [0, 0.1) is 13.8 Å². The molecule has 0 aliphatic rings. The maximum atomic E-state index is 12.3. The Morgan fingerprint density at radius 2 is 1.91 bits per heavy atom. The van der Waals surface area contributed by atoms with Gasteiger partial charge in [-0.25, -0.2) is 4.79 Å². The zero-order chi connectivity index (χ0) is 16.3. The van der Waals surface area contributed by atoms with Gasteiger partial charge in [0.05, 0.1) is 6.54 Å². The number of para-hydroxylation sites is 1. The van der Waals surface area contributed by atoms with Gasteiger partial charge >= 0.3 is 12.2 Å². The van der Waals surface area contributed by atoms with Gasteiger partial charge < -0.3 is 15.2 Å². The molecule has 0 saturated heterocycles. The Morgan fingerprint density at radius 3 is 2.45 bits per heavy atom. The lowest BCUT2D eigenvalue weighted by Gasteiger charge is -2.11. The summed E-state index contributed by atoms with van der Waals surface area (Å²) in [6.07, 6.45) is -4.59. The molecule has 2 aromatic rings. The maximum absolute atomic E-state index is 12.3. The molecule has 8 heteroatoms. The quantitative estimate of drug-likeness (QED) is 0.909. The molecule has 2 rings (SSSR count). The van der Waals surface area contributed by atoms with Crippen LogP contribution in [-0.4, -0.2) is 11.2 Å². The fraction of sp³-hybridized carbons (Fsp3) is 0.286. The first kappa shape index (κ1) is 15.9. The summed E-state index contributed by atoms with van der Waals surface area (Å²) in [5.74, 6) is -1.19. The number of urea groups is 1. The summed E-state index contributed by atoms with van der Waals surface area (Å²) in [7, 11) is 0. The molecule has 0 fully saturated rings. The highest BCUT2D eigenvalue weighted by Gasteiger charge is 2.36. The number of aryl methyl sites for hydroxylation is 2. The van der Waals surface area contributed by atoms with E-state index in [0.717, 1.165) is 17.2 Å². The Hall–Kier alpha value is -2.51. The zero-order valence-corrected chi connectivity index (χ0v) is 11.9. The minimum Gasteiger partial charge on any atom is -0.351 e. The standard InChI is InChI=1S/C14H14F3N3O2/c1-8-4-3-5-9(2)12(8)19-13(21)18-7-10-6-11(22-20-10)14(15,16)17/h3-6H,7H2,1-2H3,(H2,18,19,21). The van der Waals surface area contributed by atoms with Gasteiger partial charge in [0.25, 0.3) is 0 Å².